The molecule has 142 valence electrons. The molecule has 0 spiro atoms. The third kappa shape index (κ3) is 3.59. The number of nitrogens with one attached hydrogen (secondary N) is 1. The normalized spacial score (nSPS) is 11.5. The highest BCUT2D eigenvalue weighted by molar-refractivity contribution is 7.92. The first kappa shape index (κ1) is 18.1. The minimum atomic E-state index is -3.81. The van der Waals surface area contributed by atoms with E-state index in [-0.39, 0.29) is 16.8 Å². The molecular weight excluding hydrogens is 396 g/mol. The molecule has 0 aliphatic carbocycles. The number of benzene rings is 2. The maximum atomic E-state index is 12.5. The highest BCUT2D eigenvalue weighted by Gasteiger charge is 2.19. The van der Waals surface area contributed by atoms with Crippen molar-refractivity contribution in [2.45, 2.75) is 11.8 Å². The van der Waals surface area contributed by atoms with Crippen LogP contribution in [0.4, 0.5) is 11.9 Å². The van der Waals surface area contributed by atoms with E-state index in [4.69, 9.17) is 5.73 Å². The van der Waals surface area contributed by atoms with Crippen molar-refractivity contribution in [3.05, 3.63) is 65.5 Å². The SMILES string of the molecule is Cc1ccc(S(=O)(=O)Nc2nc(N)n(-c3nc(-c4ccccc4)cs3)n2)cc1. The lowest BCUT2D eigenvalue weighted by atomic mass is 10.2. The Morgan fingerprint density at radius 3 is 2.46 bits per heavy atom. The molecule has 8 nitrogen and oxygen atoms in total. The first-order valence-corrected chi connectivity index (χ1v) is 10.6. The van der Waals surface area contributed by atoms with Crippen LogP contribution in [0, 0.1) is 6.92 Å². The van der Waals surface area contributed by atoms with Crippen molar-refractivity contribution in [3.8, 4) is 16.4 Å². The zero-order valence-electron chi connectivity index (χ0n) is 14.8. The van der Waals surface area contributed by atoms with Gasteiger partial charge in [0.1, 0.15) is 0 Å². The van der Waals surface area contributed by atoms with Crippen LogP contribution in [0.5, 0.6) is 0 Å². The molecule has 0 amide bonds. The predicted octanol–water partition coefficient (Wildman–Crippen LogP) is 3.08. The molecule has 10 heteroatoms. The largest absolute Gasteiger partial charge is 0.368 e. The monoisotopic (exact) mass is 412 g/mol. The molecule has 2 aromatic heterocycles. The Balaban J connectivity index is 1.61. The van der Waals surface area contributed by atoms with Gasteiger partial charge in [0.05, 0.1) is 10.6 Å². The molecule has 0 fully saturated rings. The summed E-state index contributed by atoms with van der Waals surface area (Å²) >= 11 is 1.33. The fourth-order valence-electron chi connectivity index (χ4n) is 2.51. The number of hydrogen-bond donors (Lipinski definition) is 2. The molecule has 4 rings (SSSR count). The summed E-state index contributed by atoms with van der Waals surface area (Å²) in [7, 11) is -3.81. The van der Waals surface area contributed by atoms with Gasteiger partial charge < -0.3 is 5.73 Å². The topological polar surface area (TPSA) is 116 Å². The molecule has 0 aliphatic heterocycles. The van der Waals surface area contributed by atoms with Gasteiger partial charge in [-0.25, -0.2) is 18.1 Å². The van der Waals surface area contributed by atoms with Crippen molar-refractivity contribution in [2.24, 2.45) is 0 Å². The first-order chi connectivity index (χ1) is 13.4. The molecule has 2 heterocycles. The van der Waals surface area contributed by atoms with Gasteiger partial charge in [0.15, 0.2) is 0 Å². The number of nitrogens with zero attached hydrogens (tertiary/aromatic N) is 4. The van der Waals surface area contributed by atoms with Gasteiger partial charge in [0.2, 0.25) is 11.1 Å². The van der Waals surface area contributed by atoms with Crippen molar-refractivity contribution in [2.75, 3.05) is 10.5 Å². The number of aromatic nitrogens is 4. The minimum absolute atomic E-state index is 0.0376. The van der Waals surface area contributed by atoms with Gasteiger partial charge in [0, 0.05) is 10.9 Å². The van der Waals surface area contributed by atoms with Gasteiger partial charge in [-0.2, -0.15) is 9.67 Å². The molecule has 4 aromatic rings. The van der Waals surface area contributed by atoms with Crippen LogP contribution in [-0.2, 0) is 10.0 Å². The Morgan fingerprint density at radius 2 is 1.75 bits per heavy atom. The fraction of sp³-hybridized carbons (Fsp3) is 0.0556. The van der Waals surface area contributed by atoms with E-state index in [1.54, 1.807) is 12.1 Å². The third-order valence-electron chi connectivity index (χ3n) is 3.93. The highest BCUT2D eigenvalue weighted by atomic mass is 32.2. The fourth-order valence-corrected chi connectivity index (χ4v) is 4.24. The number of hydrogen-bond acceptors (Lipinski definition) is 7. The average Bonchev–Trinajstić information content (AvgIpc) is 3.29. The van der Waals surface area contributed by atoms with Crippen molar-refractivity contribution >= 4 is 33.3 Å². The summed E-state index contributed by atoms with van der Waals surface area (Å²) in [5, 5.41) is 6.52. The van der Waals surface area contributed by atoms with Crippen LogP contribution in [0.1, 0.15) is 5.56 Å². The second kappa shape index (κ2) is 7.06. The summed E-state index contributed by atoms with van der Waals surface area (Å²) in [6, 6.07) is 16.2. The molecule has 0 saturated heterocycles. The van der Waals surface area contributed by atoms with Gasteiger partial charge in [0.25, 0.3) is 16.0 Å². The average molecular weight is 413 g/mol. The maximum absolute atomic E-state index is 12.5. The number of thiazole rings is 1. The first-order valence-electron chi connectivity index (χ1n) is 8.26. The zero-order chi connectivity index (χ0) is 19.7. The van der Waals surface area contributed by atoms with Crippen LogP contribution in [0.25, 0.3) is 16.4 Å². The Morgan fingerprint density at radius 1 is 1.04 bits per heavy atom. The Labute approximate surface area is 165 Å². The van der Waals surface area contributed by atoms with Crippen molar-refractivity contribution in [3.63, 3.8) is 0 Å². The number of sulfonamides is 1. The summed E-state index contributed by atoms with van der Waals surface area (Å²) in [6.07, 6.45) is 0. The van der Waals surface area contributed by atoms with E-state index in [9.17, 15) is 8.42 Å². The number of anilines is 2. The van der Waals surface area contributed by atoms with Gasteiger partial charge >= 0.3 is 0 Å². The van der Waals surface area contributed by atoms with Gasteiger partial charge in [-0.15, -0.1) is 16.4 Å². The lowest BCUT2D eigenvalue weighted by molar-refractivity contribution is 0.600. The van der Waals surface area contributed by atoms with Crippen molar-refractivity contribution < 1.29 is 8.42 Å². The molecule has 2 aromatic carbocycles. The smallest absolute Gasteiger partial charge is 0.264 e. The molecule has 0 unspecified atom stereocenters. The summed E-state index contributed by atoms with van der Waals surface area (Å²) < 4.78 is 28.7. The summed E-state index contributed by atoms with van der Waals surface area (Å²) in [5.74, 6) is -0.0786. The van der Waals surface area contributed by atoms with E-state index in [0.29, 0.717) is 5.13 Å². The van der Waals surface area contributed by atoms with E-state index in [1.165, 1.54) is 28.2 Å². The van der Waals surface area contributed by atoms with Crippen LogP contribution in [0.2, 0.25) is 0 Å². The quantitative estimate of drug-likeness (QED) is 0.520. The predicted molar refractivity (Wildman–Crippen MR) is 109 cm³/mol. The lowest BCUT2D eigenvalue weighted by Crippen LogP contribution is -2.14. The van der Waals surface area contributed by atoms with E-state index in [2.05, 4.69) is 19.8 Å². The van der Waals surface area contributed by atoms with E-state index in [1.807, 2.05) is 42.6 Å². The summed E-state index contributed by atoms with van der Waals surface area (Å²) in [6.45, 7) is 1.88. The number of nitrogens with two attached hydrogens (primary N) is 1. The van der Waals surface area contributed by atoms with E-state index < -0.39 is 10.0 Å². The van der Waals surface area contributed by atoms with Crippen LogP contribution in [0.15, 0.2) is 64.9 Å². The van der Waals surface area contributed by atoms with Crippen LogP contribution in [-0.4, -0.2) is 28.2 Å². The molecule has 0 aliphatic rings. The Hall–Kier alpha value is -3.24. The minimum Gasteiger partial charge on any atom is -0.368 e. The van der Waals surface area contributed by atoms with E-state index in [0.717, 1.165) is 16.8 Å². The van der Waals surface area contributed by atoms with E-state index >= 15 is 0 Å². The number of nitrogen functional groups attached to an aromatic ring is 1. The summed E-state index contributed by atoms with van der Waals surface area (Å²) in [5.41, 5.74) is 8.62. The second-order valence-corrected chi connectivity index (χ2v) is 8.52. The molecule has 0 bridgehead atoms. The molecule has 0 radical (unpaired) electrons. The molecule has 0 saturated carbocycles. The Kier molecular flexibility index (Phi) is 4.57. The van der Waals surface area contributed by atoms with Gasteiger partial charge in [-0.05, 0) is 19.1 Å². The Bertz CT molecular complexity index is 1210. The summed E-state index contributed by atoms with van der Waals surface area (Å²) in [4.78, 5) is 8.63. The lowest BCUT2D eigenvalue weighted by Gasteiger charge is -2.04. The van der Waals surface area contributed by atoms with Crippen LogP contribution < -0.4 is 10.5 Å². The van der Waals surface area contributed by atoms with Crippen LogP contribution >= 0.6 is 11.3 Å². The number of aryl methyl sites for hydroxylation is 1. The maximum Gasteiger partial charge on any atom is 0.264 e. The molecule has 3 N–H and O–H groups in total. The zero-order valence-corrected chi connectivity index (χ0v) is 16.4. The number of rotatable bonds is 5. The second-order valence-electron chi connectivity index (χ2n) is 6.01. The van der Waals surface area contributed by atoms with Crippen molar-refractivity contribution in [1.82, 2.24) is 19.7 Å². The van der Waals surface area contributed by atoms with Crippen LogP contribution in [0.3, 0.4) is 0 Å². The van der Waals surface area contributed by atoms with Gasteiger partial charge in [-0.1, -0.05) is 48.0 Å². The standard InChI is InChI=1S/C18H16N6O2S2/c1-12-7-9-14(10-8-12)28(25,26)23-17-21-16(19)24(22-17)18-20-15(11-27-18)13-5-3-2-4-6-13/h2-11H,1H3,(H3,19,21,22,23). The third-order valence-corrected chi connectivity index (χ3v) is 6.09. The molecular formula is C18H16N6O2S2. The van der Waals surface area contributed by atoms with Crippen molar-refractivity contribution in [1.29, 1.82) is 0 Å². The van der Waals surface area contributed by atoms with Gasteiger partial charge in [-0.3, -0.25) is 0 Å². The highest BCUT2D eigenvalue weighted by Crippen LogP contribution is 2.25. The molecule has 28 heavy (non-hydrogen) atoms. The molecule has 0 atom stereocenters.